The Kier molecular flexibility index (Phi) is 4.52. The number of hydrogen-bond acceptors (Lipinski definition) is 3. The third-order valence-electron chi connectivity index (χ3n) is 3.18. The summed E-state index contributed by atoms with van der Waals surface area (Å²) in [7, 11) is 0. The highest BCUT2D eigenvalue weighted by Crippen LogP contribution is 2.18. The van der Waals surface area contributed by atoms with Crippen LogP contribution in [0.15, 0.2) is 24.3 Å². The van der Waals surface area contributed by atoms with Crippen LogP contribution in [0.25, 0.3) is 0 Å². The summed E-state index contributed by atoms with van der Waals surface area (Å²) in [4.78, 5) is 24.7. The van der Waals surface area contributed by atoms with Crippen molar-refractivity contribution in [3.63, 3.8) is 0 Å². The summed E-state index contributed by atoms with van der Waals surface area (Å²) in [6.45, 7) is 0.881. The number of nitrogens with one attached hydrogen (secondary N) is 1. The van der Waals surface area contributed by atoms with Gasteiger partial charge in [0.1, 0.15) is 6.54 Å². The standard InChI is InChI=1S/C14H19N3O2/c15-7-2-1-4-11-5-3-6-12(8-11)17-10-13(18)16-9-14(17)19/h3,5-6,8H,1-2,4,7,9-10,15H2,(H,16,18). The molecule has 5 nitrogen and oxygen atoms in total. The Balaban J connectivity index is 2.08. The molecule has 3 N–H and O–H groups in total. The Hall–Kier alpha value is -1.88. The predicted molar refractivity (Wildman–Crippen MR) is 73.8 cm³/mol. The quantitative estimate of drug-likeness (QED) is 0.755. The van der Waals surface area contributed by atoms with Gasteiger partial charge in [0.15, 0.2) is 0 Å². The second kappa shape index (κ2) is 6.33. The average Bonchev–Trinajstić information content (AvgIpc) is 2.42. The number of carbonyl (C=O) groups is 2. The molecule has 0 saturated carbocycles. The normalized spacial score (nSPS) is 15.5. The third kappa shape index (κ3) is 3.54. The maximum atomic E-state index is 11.8. The minimum atomic E-state index is -0.117. The van der Waals surface area contributed by atoms with Gasteiger partial charge < -0.3 is 16.0 Å². The Labute approximate surface area is 112 Å². The zero-order valence-corrected chi connectivity index (χ0v) is 10.9. The second-order valence-electron chi connectivity index (χ2n) is 4.67. The van der Waals surface area contributed by atoms with Crippen LogP contribution in [-0.2, 0) is 16.0 Å². The zero-order valence-electron chi connectivity index (χ0n) is 10.9. The molecule has 1 saturated heterocycles. The fraction of sp³-hybridized carbons (Fsp3) is 0.429. The van der Waals surface area contributed by atoms with Crippen molar-refractivity contribution in [3.8, 4) is 0 Å². The average molecular weight is 261 g/mol. The highest BCUT2D eigenvalue weighted by Gasteiger charge is 2.24. The summed E-state index contributed by atoms with van der Waals surface area (Å²) in [5, 5.41) is 2.54. The highest BCUT2D eigenvalue weighted by molar-refractivity contribution is 6.04. The van der Waals surface area contributed by atoms with Crippen LogP contribution < -0.4 is 16.0 Å². The number of rotatable bonds is 5. The molecule has 0 radical (unpaired) electrons. The van der Waals surface area contributed by atoms with E-state index in [-0.39, 0.29) is 24.9 Å². The molecule has 1 heterocycles. The molecule has 1 aliphatic heterocycles. The minimum Gasteiger partial charge on any atom is -0.345 e. The highest BCUT2D eigenvalue weighted by atomic mass is 16.2. The fourth-order valence-corrected chi connectivity index (χ4v) is 2.15. The first-order valence-corrected chi connectivity index (χ1v) is 6.57. The Morgan fingerprint density at radius 3 is 2.89 bits per heavy atom. The summed E-state index contributed by atoms with van der Waals surface area (Å²) in [5.41, 5.74) is 7.44. The lowest BCUT2D eigenvalue weighted by Crippen LogP contribution is -2.51. The molecule has 0 atom stereocenters. The Morgan fingerprint density at radius 2 is 2.11 bits per heavy atom. The van der Waals surface area contributed by atoms with Crippen LogP contribution in [0.3, 0.4) is 0 Å². The van der Waals surface area contributed by atoms with Crippen molar-refractivity contribution in [1.29, 1.82) is 0 Å². The zero-order chi connectivity index (χ0) is 13.7. The fourth-order valence-electron chi connectivity index (χ4n) is 2.15. The van der Waals surface area contributed by atoms with Gasteiger partial charge in [-0.05, 0) is 43.5 Å². The second-order valence-corrected chi connectivity index (χ2v) is 4.67. The van der Waals surface area contributed by atoms with E-state index in [9.17, 15) is 9.59 Å². The molecular formula is C14H19N3O2. The van der Waals surface area contributed by atoms with Gasteiger partial charge in [-0.2, -0.15) is 0 Å². The molecule has 0 spiro atoms. The Morgan fingerprint density at radius 1 is 1.26 bits per heavy atom. The smallest absolute Gasteiger partial charge is 0.246 e. The van der Waals surface area contributed by atoms with E-state index < -0.39 is 0 Å². The molecular weight excluding hydrogens is 242 g/mol. The van der Waals surface area contributed by atoms with Crippen LogP contribution in [-0.4, -0.2) is 31.4 Å². The molecule has 19 heavy (non-hydrogen) atoms. The van der Waals surface area contributed by atoms with E-state index in [0.717, 1.165) is 24.9 Å². The van der Waals surface area contributed by atoms with Crippen molar-refractivity contribution in [2.45, 2.75) is 19.3 Å². The van der Waals surface area contributed by atoms with Crippen molar-refractivity contribution in [3.05, 3.63) is 29.8 Å². The number of anilines is 1. The number of benzene rings is 1. The third-order valence-corrected chi connectivity index (χ3v) is 3.18. The van der Waals surface area contributed by atoms with Crippen LogP contribution >= 0.6 is 0 Å². The van der Waals surface area contributed by atoms with Gasteiger partial charge in [0, 0.05) is 5.69 Å². The molecule has 1 fully saturated rings. The molecule has 2 rings (SSSR count). The van der Waals surface area contributed by atoms with Gasteiger partial charge in [0.05, 0.1) is 6.54 Å². The lowest BCUT2D eigenvalue weighted by Gasteiger charge is -2.27. The summed E-state index contributed by atoms with van der Waals surface area (Å²) < 4.78 is 0. The first-order chi connectivity index (χ1) is 9.20. The molecule has 0 unspecified atom stereocenters. The monoisotopic (exact) mass is 261 g/mol. The first-order valence-electron chi connectivity index (χ1n) is 6.57. The lowest BCUT2D eigenvalue weighted by atomic mass is 10.1. The maximum Gasteiger partial charge on any atom is 0.246 e. The van der Waals surface area contributed by atoms with E-state index in [1.165, 1.54) is 10.5 Å². The van der Waals surface area contributed by atoms with Gasteiger partial charge in [-0.25, -0.2) is 0 Å². The molecule has 2 amide bonds. The van der Waals surface area contributed by atoms with Gasteiger partial charge in [0.25, 0.3) is 0 Å². The first kappa shape index (κ1) is 13.5. The van der Waals surface area contributed by atoms with Crippen LogP contribution in [0.1, 0.15) is 18.4 Å². The lowest BCUT2D eigenvalue weighted by molar-refractivity contribution is -0.128. The van der Waals surface area contributed by atoms with E-state index in [4.69, 9.17) is 5.73 Å². The van der Waals surface area contributed by atoms with E-state index in [2.05, 4.69) is 5.32 Å². The molecule has 0 aliphatic carbocycles. The van der Waals surface area contributed by atoms with E-state index in [0.29, 0.717) is 6.54 Å². The topological polar surface area (TPSA) is 75.4 Å². The summed E-state index contributed by atoms with van der Waals surface area (Å²) in [6.07, 6.45) is 2.98. The Bertz CT molecular complexity index is 474. The summed E-state index contributed by atoms with van der Waals surface area (Å²) in [5.74, 6) is -0.188. The van der Waals surface area contributed by atoms with Crippen LogP contribution in [0, 0.1) is 0 Å². The number of hydrogen-bond donors (Lipinski definition) is 2. The summed E-state index contributed by atoms with van der Waals surface area (Å²) >= 11 is 0. The van der Waals surface area contributed by atoms with Gasteiger partial charge in [-0.1, -0.05) is 12.1 Å². The molecule has 0 aromatic heterocycles. The van der Waals surface area contributed by atoms with Gasteiger partial charge >= 0.3 is 0 Å². The van der Waals surface area contributed by atoms with Crippen molar-refractivity contribution in [1.82, 2.24) is 5.32 Å². The van der Waals surface area contributed by atoms with Crippen LogP contribution in [0.5, 0.6) is 0 Å². The van der Waals surface area contributed by atoms with Crippen molar-refractivity contribution in [2.24, 2.45) is 5.73 Å². The van der Waals surface area contributed by atoms with Crippen LogP contribution in [0.2, 0.25) is 0 Å². The number of amides is 2. The molecule has 1 aliphatic rings. The van der Waals surface area contributed by atoms with Gasteiger partial charge in [-0.3, -0.25) is 9.59 Å². The van der Waals surface area contributed by atoms with E-state index in [1.807, 2.05) is 24.3 Å². The van der Waals surface area contributed by atoms with E-state index in [1.54, 1.807) is 0 Å². The number of unbranched alkanes of at least 4 members (excludes halogenated alkanes) is 1. The van der Waals surface area contributed by atoms with Gasteiger partial charge in [0.2, 0.25) is 11.8 Å². The maximum absolute atomic E-state index is 11.8. The minimum absolute atomic E-state index is 0.0706. The molecule has 1 aromatic carbocycles. The molecule has 5 heteroatoms. The van der Waals surface area contributed by atoms with Crippen molar-refractivity contribution >= 4 is 17.5 Å². The van der Waals surface area contributed by atoms with E-state index >= 15 is 0 Å². The predicted octanol–water partition coefficient (Wildman–Crippen LogP) is 0.431. The van der Waals surface area contributed by atoms with Crippen molar-refractivity contribution < 1.29 is 9.59 Å². The van der Waals surface area contributed by atoms with Crippen molar-refractivity contribution in [2.75, 3.05) is 24.5 Å². The molecule has 102 valence electrons. The SMILES string of the molecule is NCCCCc1cccc(N2CC(=O)NCC2=O)c1. The number of aryl methyl sites for hydroxylation is 1. The number of piperazine rings is 1. The molecule has 0 bridgehead atoms. The molecule has 1 aromatic rings. The number of nitrogens with two attached hydrogens (primary N) is 1. The number of nitrogens with zero attached hydrogens (tertiary/aromatic N) is 1. The van der Waals surface area contributed by atoms with Crippen LogP contribution in [0.4, 0.5) is 5.69 Å². The number of carbonyl (C=O) groups excluding carboxylic acids is 2. The van der Waals surface area contributed by atoms with Gasteiger partial charge in [-0.15, -0.1) is 0 Å². The summed E-state index contributed by atoms with van der Waals surface area (Å²) in [6, 6.07) is 7.80. The largest absolute Gasteiger partial charge is 0.345 e.